The number of fused-ring (bicyclic) bond motifs is 1. The standard InChI is InChI=1S/C18H19N7S/c1-11-12(2)26-15(22-11)6-8-20-17-14-10-21-25(3)18(14)24-16(23-17)13-5-4-7-19-9-13/h4-5,7,9-10H,6,8H2,1-3H3,(H,20,23,24). The zero-order valence-corrected chi connectivity index (χ0v) is 15.7. The van der Waals surface area contributed by atoms with Gasteiger partial charge < -0.3 is 5.32 Å². The molecule has 0 amide bonds. The molecule has 0 saturated heterocycles. The van der Waals surface area contributed by atoms with Crippen molar-refractivity contribution in [1.82, 2.24) is 29.7 Å². The summed E-state index contributed by atoms with van der Waals surface area (Å²) in [5.74, 6) is 1.42. The molecule has 26 heavy (non-hydrogen) atoms. The van der Waals surface area contributed by atoms with Crippen molar-refractivity contribution < 1.29 is 0 Å². The van der Waals surface area contributed by atoms with Crippen LogP contribution < -0.4 is 5.32 Å². The number of nitrogens with one attached hydrogen (secondary N) is 1. The molecule has 0 unspecified atom stereocenters. The molecule has 0 bridgehead atoms. The molecule has 132 valence electrons. The van der Waals surface area contributed by atoms with Crippen molar-refractivity contribution in [2.75, 3.05) is 11.9 Å². The van der Waals surface area contributed by atoms with E-state index < -0.39 is 0 Å². The lowest BCUT2D eigenvalue weighted by atomic mass is 10.2. The van der Waals surface area contributed by atoms with Gasteiger partial charge in [0.2, 0.25) is 0 Å². The highest BCUT2D eigenvalue weighted by Crippen LogP contribution is 2.24. The van der Waals surface area contributed by atoms with Gasteiger partial charge in [-0.2, -0.15) is 5.10 Å². The number of nitrogens with zero attached hydrogens (tertiary/aromatic N) is 6. The van der Waals surface area contributed by atoms with Crippen LogP contribution in [0.1, 0.15) is 15.6 Å². The maximum absolute atomic E-state index is 4.71. The van der Waals surface area contributed by atoms with Crippen LogP contribution in [0.15, 0.2) is 30.7 Å². The van der Waals surface area contributed by atoms with Crippen molar-refractivity contribution in [2.45, 2.75) is 20.3 Å². The average Bonchev–Trinajstić information content (AvgIpc) is 3.18. The maximum atomic E-state index is 4.71. The Labute approximate surface area is 155 Å². The molecule has 8 heteroatoms. The quantitative estimate of drug-likeness (QED) is 0.585. The molecular weight excluding hydrogens is 346 g/mol. The van der Waals surface area contributed by atoms with E-state index in [9.17, 15) is 0 Å². The van der Waals surface area contributed by atoms with E-state index in [2.05, 4.69) is 32.3 Å². The molecule has 4 rings (SSSR count). The van der Waals surface area contributed by atoms with Gasteiger partial charge in [-0.1, -0.05) is 0 Å². The molecule has 0 saturated carbocycles. The first-order chi connectivity index (χ1) is 12.6. The number of anilines is 1. The van der Waals surface area contributed by atoms with Crippen molar-refractivity contribution in [3.05, 3.63) is 46.3 Å². The smallest absolute Gasteiger partial charge is 0.165 e. The van der Waals surface area contributed by atoms with Crippen LogP contribution in [-0.2, 0) is 13.5 Å². The van der Waals surface area contributed by atoms with Crippen molar-refractivity contribution in [1.29, 1.82) is 0 Å². The molecule has 0 radical (unpaired) electrons. The van der Waals surface area contributed by atoms with E-state index in [0.29, 0.717) is 5.82 Å². The normalized spacial score (nSPS) is 11.2. The van der Waals surface area contributed by atoms with Crippen LogP contribution in [0.5, 0.6) is 0 Å². The molecule has 1 N–H and O–H groups in total. The van der Waals surface area contributed by atoms with Gasteiger partial charge in [0.1, 0.15) is 5.82 Å². The van der Waals surface area contributed by atoms with Crippen LogP contribution >= 0.6 is 11.3 Å². The predicted octanol–water partition coefficient (Wildman–Crippen LogP) is 3.15. The largest absolute Gasteiger partial charge is 0.369 e. The van der Waals surface area contributed by atoms with Crippen molar-refractivity contribution >= 4 is 28.2 Å². The van der Waals surface area contributed by atoms with Crippen molar-refractivity contribution in [3.63, 3.8) is 0 Å². The summed E-state index contributed by atoms with van der Waals surface area (Å²) >= 11 is 1.75. The minimum Gasteiger partial charge on any atom is -0.369 e. The molecule has 4 aromatic heterocycles. The van der Waals surface area contributed by atoms with Crippen LogP contribution in [0.3, 0.4) is 0 Å². The van der Waals surface area contributed by atoms with Crippen LogP contribution in [-0.4, -0.2) is 36.3 Å². The molecular formula is C18H19N7S. The number of aryl methyl sites for hydroxylation is 3. The fourth-order valence-electron chi connectivity index (χ4n) is 2.71. The second kappa shape index (κ2) is 6.80. The first-order valence-electron chi connectivity index (χ1n) is 8.39. The van der Waals surface area contributed by atoms with E-state index in [1.54, 1.807) is 34.6 Å². The summed E-state index contributed by atoms with van der Waals surface area (Å²) in [6.45, 7) is 4.90. The Morgan fingerprint density at radius 1 is 1.15 bits per heavy atom. The third-order valence-electron chi connectivity index (χ3n) is 4.22. The number of thiazole rings is 1. The Morgan fingerprint density at radius 3 is 2.77 bits per heavy atom. The number of hydrogen-bond acceptors (Lipinski definition) is 7. The Kier molecular flexibility index (Phi) is 4.34. The van der Waals surface area contributed by atoms with Crippen LogP contribution in [0, 0.1) is 13.8 Å². The second-order valence-corrected chi connectivity index (χ2v) is 7.36. The lowest BCUT2D eigenvalue weighted by Crippen LogP contribution is -2.08. The highest BCUT2D eigenvalue weighted by molar-refractivity contribution is 7.11. The van der Waals surface area contributed by atoms with Crippen LogP contribution in [0.4, 0.5) is 5.82 Å². The first-order valence-corrected chi connectivity index (χ1v) is 9.20. The first kappa shape index (κ1) is 16.6. The third kappa shape index (κ3) is 3.15. The summed E-state index contributed by atoms with van der Waals surface area (Å²) in [4.78, 5) is 19.4. The van der Waals surface area contributed by atoms with Gasteiger partial charge in [-0.25, -0.2) is 15.0 Å². The van der Waals surface area contributed by atoms with Gasteiger partial charge in [0.05, 0.1) is 22.3 Å². The topological polar surface area (TPSA) is 81.4 Å². The Hall–Kier alpha value is -2.87. The SMILES string of the molecule is Cc1nc(CCNc2nc(-c3cccnc3)nc3c2cnn3C)sc1C. The summed E-state index contributed by atoms with van der Waals surface area (Å²) in [5.41, 5.74) is 2.78. The molecule has 0 aliphatic heterocycles. The molecule has 0 atom stereocenters. The number of hydrogen-bond donors (Lipinski definition) is 1. The maximum Gasteiger partial charge on any atom is 0.165 e. The number of pyridine rings is 1. The van der Waals surface area contributed by atoms with E-state index in [-0.39, 0.29) is 0 Å². The molecule has 0 aliphatic rings. The molecule has 0 fully saturated rings. The minimum atomic E-state index is 0.637. The van der Waals surface area contributed by atoms with E-state index >= 15 is 0 Å². The van der Waals surface area contributed by atoms with Crippen molar-refractivity contribution in [2.24, 2.45) is 7.05 Å². The van der Waals surface area contributed by atoms with Gasteiger partial charge in [-0.05, 0) is 26.0 Å². The number of aromatic nitrogens is 6. The lowest BCUT2D eigenvalue weighted by Gasteiger charge is -2.08. The molecule has 0 aliphatic carbocycles. The predicted molar refractivity (Wildman–Crippen MR) is 103 cm³/mol. The summed E-state index contributed by atoms with van der Waals surface area (Å²) in [6, 6.07) is 3.84. The Morgan fingerprint density at radius 2 is 2.04 bits per heavy atom. The number of rotatable bonds is 5. The zero-order valence-electron chi connectivity index (χ0n) is 14.9. The Bertz CT molecular complexity index is 1030. The van der Waals surface area contributed by atoms with Gasteiger partial charge in [-0.15, -0.1) is 11.3 Å². The lowest BCUT2D eigenvalue weighted by molar-refractivity contribution is 0.786. The minimum absolute atomic E-state index is 0.637. The van der Waals surface area contributed by atoms with E-state index in [1.165, 1.54) is 4.88 Å². The monoisotopic (exact) mass is 365 g/mol. The molecule has 0 aromatic carbocycles. The van der Waals surface area contributed by atoms with Gasteiger partial charge in [0, 0.05) is 42.8 Å². The fraction of sp³-hybridized carbons (Fsp3) is 0.278. The van der Waals surface area contributed by atoms with Gasteiger partial charge in [0.25, 0.3) is 0 Å². The van der Waals surface area contributed by atoms with E-state index in [4.69, 9.17) is 4.98 Å². The molecule has 7 nitrogen and oxygen atoms in total. The molecule has 0 spiro atoms. The molecule has 4 aromatic rings. The van der Waals surface area contributed by atoms with Gasteiger partial charge >= 0.3 is 0 Å². The van der Waals surface area contributed by atoms with E-state index in [1.807, 2.05) is 26.1 Å². The van der Waals surface area contributed by atoms with Gasteiger partial charge in [-0.3, -0.25) is 9.67 Å². The van der Waals surface area contributed by atoms with E-state index in [0.717, 1.165) is 46.1 Å². The summed E-state index contributed by atoms with van der Waals surface area (Å²) in [6.07, 6.45) is 6.15. The highest BCUT2D eigenvalue weighted by atomic mass is 32.1. The average molecular weight is 365 g/mol. The fourth-order valence-corrected chi connectivity index (χ4v) is 3.65. The molecule has 4 heterocycles. The van der Waals surface area contributed by atoms with Crippen LogP contribution in [0.2, 0.25) is 0 Å². The highest BCUT2D eigenvalue weighted by Gasteiger charge is 2.13. The third-order valence-corrected chi connectivity index (χ3v) is 5.35. The second-order valence-electron chi connectivity index (χ2n) is 6.07. The summed E-state index contributed by atoms with van der Waals surface area (Å²) < 4.78 is 1.76. The van der Waals surface area contributed by atoms with Gasteiger partial charge in [0.15, 0.2) is 11.5 Å². The zero-order chi connectivity index (χ0) is 18.1. The van der Waals surface area contributed by atoms with Crippen LogP contribution in [0.25, 0.3) is 22.4 Å². The summed E-state index contributed by atoms with van der Waals surface area (Å²) in [7, 11) is 1.88. The summed E-state index contributed by atoms with van der Waals surface area (Å²) in [5, 5.41) is 9.80. The van der Waals surface area contributed by atoms with Crippen molar-refractivity contribution in [3.8, 4) is 11.4 Å². The Balaban J connectivity index is 1.63.